The smallest absolute Gasteiger partial charge is 0.217 e. The maximum Gasteiger partial charge on any atom is 0.217 e. The van der Waals surface area contributed by atoms with Crippen molar-refractivity contribution < 1.29 is 5.11 Å². The number of allylic oxidation sites excluding steroid dienone is 1. The van der Waals surface area contributed by atoms with Gasteiger partial charge in [-0.2, -0.15) is 5.10 Å². The Balaban J connectivity index is 2.03. The minimum absolute atomic E-state index is 0.128. The number of hydrogen-bond acceptors (Lipinski definition) is 4. The fraction of sp³-hybridized carbons (Fsp3) is 0.133. The molecule has 0 bridgehead atoms. The van der Waals surface area contributed by atoms with Crippen LogP contribution in [0.5, 0.6) is 5.88 Å². The van der Waals surface area contributed by atoms with Crippen LogP contribution in [-0.4, -0.2) is 26.6 Å². The van der Waals surface area contributed by atoms with Gasteiger partial charge in [0.15, 0.2) is 4.77 Å². The SMILES string of the molecule is CCn1c(O)c(/C=C2\C=NN=C2c2ccccc2)[nH]c1=S. The zero-order valence-corrected chi connectivity index (χ0v) is 12.3. The standard InChI is InChI=1S/C15H14N4OS/c1-2-19-14(20)12(17-15(19)21)8-11-9-16-18-13(11)10-6-4-3-5-7-10/h3-9,20H,2H2,1H3,(H,17,21)/b11-8+. The Morgan fingerprint density at radius 2 is 2.10 bits per heavy atom. The molecule has 2 heterocycles. The van der Waals surface area contributed by atoms with E-state index in [2.05, 4.69) is 15.2 Å². The van der Waals surface area contributed by atoms with Gasteiger partial charge in [0.05, 0.1) is 6.21 Å². The number of hydrogen-bond donors (Lipinski definition) is 2. The van der Waals surface area contributed by atoms with E-state index in [1.807, 2.05) is 37.3 Å². The van der Waals surface area contributed by atoms with Gasteiger partial charge in [-0.25, -0.2) is 0 Å². The third kappa shape index (κ3) is 2.45. The molecular weight excluding hydrogens is 284 g/mol. The summed E-state index contributed by atoms with van der Waals surface area (Å²) < 4.78 is 2.13. The number of nitrogens with zero attached hydrogens (tertiary/aromatic N) is 3. The number of H-pyrrole nitrogens is 1. The van der Waals surface area contributed by atoms with Crippen molar-refractivity contribution in [3.8, 4) is 5.88 Å². The fourth-order valence-electron chi connectivity index (χ4n) is 2.22. The summed E-state index contributed by atoms with van der Waals surface area (Å²) in [4.78, 5) is 3.00. The predicted octanol–water partition coefficient (Wildman–Crippen LogP) is 3.14. The Morgan fingerprint density at radius 3 is 2.76 bits per heavy atom. The van der Waals surface area contributed by atoms with Gasteiger partial charge in [0, 0.05) is 17.7 Å². The highest BCUT2D eigenvalue weighted by Gasteiger charge is 2.15. The minimum Gasteiger partial charge on any atom is -0.493 e. The van der Waals surface area contributed by atoms with Gasteiger partial charge in [-0.05, 0) is 25.2 Å². The molecule has 1 aliphatic heterocycles. The molecule has 5 nitrogen and oxygen atoms in total. The predicted molar refractivity (Wildman–Crippen MR) is 86.4 cm³/mol. The molecule has 0 amide bonds. The summed E-state index contributed by atoms with van der Waals surface area (Å²) in [6.45, 7) is 2.53. The molecule has 0 saturated carbocycles. The Bertz CT molecular complexity index is 812. The molecule has 1 aromatic heterocycles. The highest BCUT2D eigenvalue weighted by Crippen LogP contribution is 2.22. The number of aromatic nitrogens is 2. The normalized spacial score (nSPS) is 15.7. The van der Waals surface area contributed by atoms with Gasteiger partial charge in [0.25, 0.3) is 0 Å². The van der Waals surface area contributed by atoms with E-state index >= 15 is 0 Å². The lowest BCUT2D eigenvalue weighted by Crippen LogP contribution is -2.02. The number of nitrogens with one attached hydrogen (secondary N) is 1. The number of aromatic hydroxyl groups is 1. The summed E-state index contributed by atoms with van der Waals surface area (Å²) in [5, 5.41) is 18.3. The molecule has 0 radical (unpaired) electrons. The van der Waals surface area contributed by atoms with Crippen LogP contribution >= 0.6 is 12.2 Å². The largest absolute Gasteiger partial charge is 0.493 e. The third-order valence-corrected chi connectivity index (χ3v) is 3.60. The molecule has 1 aromatic carbocycles. The van der Waals surface area contributed by atoms with Gasteiger partial charge in [-0.1, -0.05) is 30.3 Å². The number of aromatic amines is 1. The van der Waals surface area contributed by atoms with Gasteiger partial charge in [-0.15, -0.1) is 5.10 Å². The van der Waals surface area contributed by atoms with Crippen LogP contribution in [0.25, 0.3) is 6.08 Å². The Hall–Kier alpha value is -2.47. The monoisotopic (exact) mass is 298 g/mol. The van der Waals surface area contributed by atoms with Crippen LogP contribution < -0.4 is 0 Å². The van der Waals surface area contributed by atoms with Gasteiger partial charge < -0.3 is 10.1 Å². The fourth-order valence-corrected chi connectivity index (χ4v) is 2.55. The van der Waals surface area contributed by atoms with E-state index in [1.165, 1.54) is 0 Å². The van der Waals surface area contributed by atoms with Crippen molar-refractivity contribution in [2.45, 2.75) is 13.5 Å². The van der Waals surface area contributed by atoms with Crippen molar-refractivity contribution in [1.82, 2.24) is 9.55 Å². The summed E-state index contributed by atoms with van der Waals surface area (Å²) >= 11 is 5.18. The molecule has 0 saturated heterocycles. The van der Waals surface area contributed by atoms with Crippen molar-refractivity contribution in [1.29, 1.82) is 0 Å². The van der Waals surface area contributed by atoms with E-state index < -0.39 is 0 Å². The van der Waals surface area contributed by atoms with Crippen LogP contribution in [0.1, 0.15) is 18.2 Å². The zero-order chi connectivity index (χ0) is 14.8. The maximum atomic E-state index is 10.2. The van der Waals surface area contributed by atoms with Crippen LogP contribution in [0.3, 0.4) is 0 Å². The first-order chi connectivity index (χ1) is 10.2. The molecule has 0 atom stereocenters. The average Bonchev–Trinajstić information content (AvgIpc) is 3.06. The molecule has 0 unspecified atom stereocenters. The molecule has 0 aliphatic carbocycles. The van der Waals surface area contributed by atoms with Gasteiger partial charge in [0.1, 0.15) is 11.4 Å². The molecule has 0 spiro atoms. The second-order valence-electron chi connectivity index (χ2n) is 4.57. The average molecular weight is 298 g/mol. The molecule has 106 valence electrons. The van der Waals surface area contributed by atoms with Crippen molar-refractivity contribution in [2.75, 3.05) is 0 Å². The highest BCUT2D eigenvalue weighted by molar-refractivity contribution is 7.71. The first kappa shape index (κ1) is 13.5. The lowest BCUT2D eigenvalue weighted by atomic mass is 10.0. The summed E-state index contributed by atoms with van der Waals surface area (Å²) in [6, 6.07) is 9.80. The Labute approximate surface area is 127 Å². The topological polar surface area (TPSA) is 65.7 Å². The number of rotatable bonds is 3. The second kappa shape index (κ2) is 5.49. The summed E-state index contributed by atoms with van der Waals surface area (Å²) in [7, 11) is 0. The van der Waals surface area contributed by atoms with Gasteiger partial charge in [-0.3, -0.25) is 4.57 Å². The molecule has 3 rings (SSSR count). The minimum atomic E-state index is 0.128. The summed E-state index contributed by atoms with van der Waals surface area (Å²) in [6.07, 6.45) is 3.47. The van der Waals surface area contributed by atoms with Gasteiger partial charge in [0.2, 0.25) is 5.88 Å². The van der Waals surface area contributed by atoms with E-state index in [0.29, 0.717) is 17.0 Å². The first-order valence-electron chi connectivity index (χ1n) is 6.61. The van der Waals surface area contributed by atoms with E-state index in [0.717, 1.165) is 16.8 Å². The van der Waals surface area contributed by atoms with E-state index in [9.17, 15) is 5.11 Å². The molecule has 1 aliphatic rings. The van der Waals surface area contributed by atoms with Gasteiger partial charge >= 0.3 is 0 Å². The first-order valence-corrected chi connectivity index (χ1v) is 7.02. The Morgan fingerprint density at radius 1 is 1.33 bits per heavy atom. The summed E-state index contributed by atoms with van der Waals surface area (Å²) in [5.41, 5.74) is 3.15. The third-order valence-electron chi connectivity index (χ3n) is 3.27. The molecule has 21 heavy (non-hydrogen) atoms. The molecule has 2 N–H and O–H groups in total. The van der Waals surface area contributed by atoms with E-state index in [1.54, 1.807) is 16.9 Å². The number of imidazole rings is 1. The molecular formula is C15H14N4OS. The van der Waals surface area contributed by atoms with Crippen LogP contribution in [0.15, 0.2) is 46.1 Å². The van der Waals surface area contributed by atoms with E-state index in [4.69, 9.17) is 12.2 Å². The van der Waals surface area contributed by atoms with Crippen LogP contribution in [-0.2, 0) is 6.54 Å². The molecule has 6 heteroatoms. The van der Waals surface area contributed by atoms with Crippen LogP contribution in [0.4, 0.5) is 0 Å². The van der Waals surface area contributed by atoms with E-state index in [-0.39, 0.29) is 5.88 Å². The summed E-state index contributed by atoms with van der Waals surface area (Å²) in [5.74, 6) is 0.128. The lowest BCUT2D eigenvalue weighted by molar-refractivity contribution is 0.419. The molecule has 0 fully saturated rings. The Kier molecular flexibility index (Phi) is 3.53. The van der Waals surface area contributed by atoms with Crippen LogP contribution in [0, 0.1) is 4.77 Å². The lowest BCUT2D eigenvalue weighted by Gasteiger charge is -2.02. The van der Waals surface area contributed by atoms with Crippen molar-refractivity contribution >= 4 is 30.2 Å². The second-order valence-corrected chi connectivity index (χ2v) is 4.96. The van der Waals surface area contributed by atoms with Crippen LogP contribution in [0.2, 0.25) is 0 Å². The van der Waals surface area contributed by atoms with Crippen molar-refractivity contribution in [3.05, 3.63) is 51.9 Å². The quantitative estimate of drug-likeness (QED) is 0.855. The zero-order valence-electron chi connectivity index (χ0n) is 11.4. The number of benzene rings is 1. The van der Waals surface area contributed by atoms with Crippen molar-refractivity contribution in [3.63, 3.8) is 0 Å². The highest BCUT2D eigenvalue weighted by atomic mass is 32.1. The molecule has 2 aromatic rings. The maximum absolute atomic E-state index is 10.2. The van der Waals surface area contributed by atoms with Crippen molar-refractivity contribution in [2.24, 2.45) is 10.2 Å².